The zero-order valence-corrected chi connectivity index (χ0v) is 15.0. The van der Waals surface area contributed by atoms with Crippen molar-refractivity contribution in [1.82, 2.24) is 0 Å². The molecule has 0 saturated heterocycles. The number of allylic oxidation sites excluding steroid dienone is 3. The van der Waals surface area contributed by atoms with Crippen LogP contribution in [0.1, 0.15) is 52.4 Å². The van der Waals surface area contributed by atoms with Crippen LogP contribution in [0.5, 0.6) is 0 Å². The number of aliphatic hydroxyl groups is 1. The molecule has 0 spiro atoms. The van der Waals surface area contributed by atoms with E-state index < -0.39 is 12.0 Å². The van der Waals surface area contributed by atoms with Crippen molar-refractivity contribution >= 4 is 17.3 Å². The van der Waals surface area contributed by atoms with E-state index in [1.807, 2.05) is 13.0 Å². The molecular weight excluding hydrogens is 316 g/mol. The minimum absolute atomic E-state index is 0.0318. The van der Waals surface area contributed by atoms with Crippen molar-refractivity contribution < 1.29 is 19.5 Å². The molecular formula is C21H26O4. The third-order valence-corrected chi connectivity index (χ3v) is 7.68. The Kier molecular flexibility index (Phi) is 3.70. The summed E-state index contributed by atoms with van der Waals surface area (Å²) in [6, 6.07) is 0. The normalized spacial score (nSPS) is 42.9. The Morgan fingerprint density at radius 1 is 1.24 bits per heavy atom. The summed E-state index contributed by atoms with van der Waals surface area (Å²) in [5.74, 6) is 0.721. The Bertz CT molecular complexity index is 730. The summed E-state index contributed by atoms with van der Waals surface area (Å²) in [7, 11) is 0. The number of hydrogen-bond acceptors (Lipinski definition) is 4. The zero-order valence-electron chi connectivity index (χ0n) is 15.0. The van der Waals surface area contributed by atoms with Gasteiger partial charge in [-0.3, -0.25) is 14.4 Å². The quantitative estimate of drug-likeness (QED) is 0.838. The third kappa shape index (κ3) is 2.19. The van der Waals surface area contributed by atoms with Gasteiger partial charge in [0.1, 0.15) is 12.4 Å². The van der Waals surface area contributed by atoms with Crippen LogP contribution < -0.4 is 0 Å². The lowest BCUT2D eigenvalue weighted by molar-refractivity contribution is -0.143. The van der Waals surface area contributed by atoms with Gasteiger partial charge in [-0.1, -0.05) is 25.5 Å². The SMILES string of the molecule is C[C@]12CCC(=O)C=C1CC[C@@H]1[C@@H]2C(=O)C[C@]2(C)C(C(=O)CO)=CC[C@@H]12. The summed E-state index contributed by atoms with van der Waals surface area (Å²) in [6.45, 7) is 3.73. The fraction of sp³-hybridized carbons (Fsp3) is 0.667. The molecule has 1 N–H and O–H groups in total. The Balaban J connectivity index is 1.72. The molecule has 0 radical (unpaired) electrons. The molecule has 2 saturated carbocycles. The highest BCUT2D eigenvalue weighted by atomic mass is 16.3. The molecule has 4 aliphatic carbocycles. The fourth-order valence-electron chi connectivity index (χ4n) is 6.48. The van der Waals surface area contributed by atoms with Gasteiger partial charge in [0.05, 0.1) is 0 Å². The summed E-state index contributed by atoms with van der Waals surface area (Å²) < 4.78 is 0. The van der Waals surface area contributed by atoms with E-state index in [1.165, 1.54) is 5.57 Å². The molecule has 4 aliphatic rings. The fourth-order valence-corrected chi connectivity index (χ4v) is 6.48. The lowest BCUT2D eigenvalue weighted by atomic mass is 9.46. The number of ketones is 3. The maximum atomic E-state index is 13.3. The van der Waals surface area contributed by atoms with Gasteiger partial charge >= 0.3 is 0 Å². The summed E-state index contributed by atoms with van der Waals surface area (Å²) in [5.41, 5.74) is 1.20. The molecule has 0 amide bonds. The van der Waals surface area contributed by atoms with Crippen LogP contribution in [0.4, 0.5) is 0 Å². The zero-order chi connectivity index (χ0) is 18.0. The highest BCUT2D eigenvalue weighted by Crippen LogP contribution is 2.64. The molecule has 0 aliphatic heterocycles. The van der Waals surface area contributed by atoms with E-state index in [0.717, 1.165) is 25.7 Å². The Hall–Kier alpha value is -1.55. The van der Waals surface area contributed by atoms with Gasteiger partial charge in [-0.15, -0.1) is 0 Å². The van der Waals surface area contributed by atoms with Gasteiger partial charge in [0.2, 0.25) is 0 Å². The van der Waals surface area contributed by atoms with E-state index in [0.29, 0.717) is 18.4 Å². The van der Waals surface area contributed by atoms with Crippen molar-refractivity contribution in [2.75, 3.05) is 6.61 Å². The van der Waals surface area contributed by atoms with E-state index in [4.69, 9.17) is 0 Å². The standard InChI is InChI=1S/C21H26O4/c1-20-8-7-13(23)9-12(20)3-4-14-15-5-6-16(18(25)11-22)21(15,2)10-17(24)19(14)20/h6,9,14-15,19,22H,3-5,7-8,10-11H2,1-2H3/t14-,15-,19+,20-,21-/m0/s1. The predicted octanol–water partition coefficient (Wildman–Crippen LogP) is 2.80. The molecule has 134 valence electrons. The summed E-state index contributed by atoms with van der Waals surface area (Å²) in [6.07, 6.45) is 8.07. The maximum absolute atomic E-state index is 13.3. The first-order valence-corrected chi connectivity index (χ1v) is 9.42. The minimum atomic E-state index is -0.483. The van der Waals surface area contributed by atoms with Crippen molar-refractivity contribution in [2.24, 2.45) is 28.6 Å². The molecule has 4 heteroatoms. The first kappa shape index (κ1) is 16.9. The second-order valence-corrected chi connectivity index (χ2v) is 8.84. The maximum Gasteiger partial charge on any atom is 0.184 e. The highest BCUT2D eigenvalue weighted by molar-refractivity contribution is 6.00. The summed E-state index contributed by atoms with van der Waals surface area (Å²) in [4.78, 5) is 37.3. The summed E-state index contributed by atoms with van der Waals surface area (Å²) >= 11 is 0. The Morgan fingerprint density at radius 2 is 2.00 bits per heavy atom. The van der Waals surface area contributed by atoms with E-state index >= 15 is 0 Å². The van der Waals surface area contributed by atoms with Crippen LogP contribution in [0.25, 0.3) is 0 Å². The number of rotatable bonds is 2. The van der Waals surface area contributed by atoms with E-state index in [-0.39, 0.29) is 40.5 Å². The van der Waals surface area contributed by atoms with Crippen LogP contribution in [-0.4, -0.2) is 29.1 Å². The summed E-state index contributed by atoms with van der Waals surface area (Å²) in [5, 5.41) is 9.30. The highest BCUT2D eigenvalue weighted by Gasteiger charge is 2.61. The molecule has 0 aromatic carbocycles. The van der Waals surface area contributed by atoms with E-state index in [1.54, 1.807) is 6.08 Å². The van der Waals surface area contributed by atoms with E-state index in [9.17, 15) is 19.5 Å². The van der Waals surface area contributed by atoms with Crippen molar-refractivity contribution in [3.63, 3.8) is 0 Å². The molecule has 4 rings (SSSR count). The second-order valence-electron chi connectivity index (χ2n) is 8.84. The average Bonchev–Trinajstić information content (AvgIpc) is 2.91. The van der Waals surface area contributed by atoms with Crippen molar-refractivity contribution in [1.29, 1.82) is 0 Å². The number of Topliss-reactive ketones (excluding diaryl/α,β-unsaturated/α-hetero) is 2. The first-order chi connectivity index (χ1) is 11.8. The lowest BCUT2D eigenvalue weighted by Crippen LogP contribution is -2.54. The molecule has 2 fully saturated rings. The largest absolute Gasteiger partial charge is 0.388 e. The lowest BCUT2D eigenvalue weighted by Gasteiger charge is -2.56. The second kappa shape index (κ2) is 5.47. The molecule has 0 heterocycles. The van der Waals surface area contributed by atoms with Crippen LogP contribution in [-0.2, 0) is 14.4 Å². The predicted molar refractivity (Wildman–Crippen MR) is 92.7 cm³/mol. The number of aliphatic hydroxyl groups excluding tert-OH is 1. The van der Waals surface area contributed by atoms with Gasteiger partial charge in [-0.05, 0) is 49.0 Å². The molecule has 0 unspecified atom stereocenters. The monoisotopic (exact) mass is 342 g/mol. The van der Waals surface area contributed by atoms with Gasteiger partial charge < -0.3 is 5.11 Å². The Labute approximate surface area is 148 Å². The number of fused-ring (bicyclic) bond motifs is 5. The van der Waals surface area contributed by atoms with Crippen LogP contribution in [0.15, 0.2) is 23.3 Å². The van der Waals surface area contributed by atoms with Crippen LogP contribution >= 0.6 is 0 Å². The van der Waals surface area contributed by atoms with Gasteiger partial charge in [0.25, 0.3) is 0 Å². The van der Waals surface area contributed by atoms with Gasteiger partial charge in [0.15, 0.2) is 11.6 Å². The molecule has 0 aromatic rings. The molecule has 4 nitrogen and oxygen atoms in total. The molecule has 0 bridgehead atoms. The molecule has 5 atom stereocenters. The first-order valence-electron chi connectivity index (χ1n) is 9.42. The number of carbonyl (C=O) groups is 3. The topological polar surface area (TPSA) is 71.4 Å². The van der Waals surface area contributed by atoms with Crippen molar-refractivity contribution in [3.05, 3.63) is 23.3 Å². The molecule has 25 heavy (non-hydrogen) atoms. The van der Waals surface area contributed by atoms with Gasteiger partial charge in [0, 0.05) is 29.7 Å². The van der Waals surface area contributed by atoms with Crippen LogP contribution in [0, 0.1) is 28.6 Å². The third-order valence-electron chi connectivity index (χ3n) is 7.68. The minimum Gasteiger partial charge on any atom is -0.388 e. The van der Waals surface area contributed by atoms with Gasteiger partial charge in [-0.2, -0.15) is 0 Å². The average molecular weight is 342 g/mol. The van der Waals surface area contributed by atoms with Crippen molar-refractivity contribution in [2.45, 2.75) is 52.4 Å². The van der Waals surface area contributed by atoms with Crippen LogP contribution in [0.3, 0.4) is 0 Å². The van der Waals surface area contributed by atoms with Crippen molar-refractivity contribution in [3.8, 4) is 0 Å². The Morgan fingerprint density at radius 3 is 2.72 bits per heavy atom. The smallest absolute Gasteiger partial charge is 0.184 e. The van der Waals surface area contributed by atoms with Crippen LogP contribution in [0.2, 0.25) is 0 Å². The number of hydrogen-bond donors (Lipinski definition) is 1. The van der Waals surface area contributed by atoms with E-state index in [2.05, 4.69) is 6.92 Å². The number of carbonyl (C=O) groups excluding carboxylic acids is 3. The molecule has 0 aromatic heterocycles. The van der Waals surface area contributed by atoms with Gasteiger partial charge in [-0.25, -0.2) is 0 Å².